The molecule has 0 saturated carbocycles. The van der Waals surface area contributed by atoms with Gasteiger partial charge >= 0.3 is 0 Å². The third kappa shape index (κ3) is 2.23. The highest BCUT2D eigenvalue weighted by atomic mass is 32.1. The molecule has 0 amide bonds. The molecule has 6 nitrogen and oxygen atoms in total. The molecule has 136 valence electrons. The molecule has 1 aliphatic carbocycles. The largest absolute Gasteiger partial charge is 0.481 e. The third-order valence-electron chi connectivity index (χ3n) is 5.23. The SMILES string of the molecule is COc1ccc(-c2cc3c(s2)Cc2c(-c4ccc5[nH]ncc5c4)n[nH]c2-3)cn1. The number of pyridine rings is 1. The summed E-state index contributed by atoms with van der Waals surface area (Å²) in [5.74, 6) is 0.628. The zero-order chi connectivity index (χ0) is 18.7. The lowest BCUT2D eigenvalue weighted by atomic mass is 10.0. The molecule has 4 aromatic heterocycles. The Kier molecular flexibility index (Phi) is 3.21. The summed E-state index contributed by atoms with van der Waals surface area (Å²) in [5, 5.41) is 16.1. The number of H-pyrrole nitrogens is 2. The normalized spacial score (nSPS) is 12.3. The van der Waals surface area contributed by atoms with Crippen molar-refractivity contribution < 1.29 is 4.74 Å². The van der Waals surface area contributed by atoms with Crippen molar-refractivity contribution in [1.82, 2.24) is 25.4 Å². The molecule has 1 aliphatic rings. The van der Waals surface area contributed by atoms with Gasteiger partial charge in [-0.25, -0.2) is 4.98 Å². The number of nitrogens with zero attached hydrogens (tertiary/aromatic N) is 3. The van der Waals surface area contributed by atoms with E-state index in [1.807, 2.05) is 35.9 Å². The first-order valence-corrected chi connectivity index (χ1v) is 9.76. The number of rotatable bonds is 3. The van der Waals surface area contributed by atoms with Gasteiger partial charge < -0.3 is 4.74 Å². The maximum atomic E-state index is 5.15. The van der Waals surface area contributed by atoms with Gasteiger partial charge in [0.2, 0.25) is 5.88 Å². The summed E-state index contributed by atoms with van der Waals surface area (Å²) in [4.78, 5) is 6.89. The first kappa shape index (κ1) is 15.6. The highest BCUT2D eigenvalue weighted by molar-refractivity contribution is 7.16. The van der Waals surface area contributed by atoms with Gasteiger partial charge in [0.05, 0.1) is 30.2 Å². The summed E-state index contributed by atoms with van der Waals surface area (Å²) in [6.07, 6.45) is 4.60. The van der Waals surface area contributed by atoms with Crippen LogP contribution in [-0.4, -0.2) is 32.5 Å². The van der Waals surface area contributed by atoms with E-state index in [4.69, 9.17) is 4.74 Å². The maximum absolute atomic E-state index is 5.15. The lowest BCUT2D eigenvalue weighted by Crippen LogP contribution is -1.86. The molecule has 0 radical (unpaired) electrons. The van der Waals surface area contributed by atoms with Crippen LogP contribution in [-0.2, 0) is 6.42 Å². The summed E-state index contributed by atoms with van der Waals surface area (Å²) >= 11 is 1.81. The van der Waals surface area contributed by atoms with E-state index in [1.165, 1.54) is 20.9 Å². The van der Waals surface area contributed by atoms with Crippen molar-refractivity contribution in [3.8, 4) is 38.8 Å². The zero-order valence-corrected chi connectivity index (χ0v) is 15.8. The van der Waals surface area contributed by atoms with Gasteiger partial charge in [-0.05, 0) is 24.3 Å². The minimum Gasteiger partial charge on any atom is -0.481 e. The van der Waals surface area contributed by atoms with Crippen molar-refractivity contribution in [3.63, 3.8) is 0 Å². The number of benzene rings is 1. The second-order valence-corrected chi connectivity index (χ2v) is 7.95. The van der Waals surface area contributed by atoms with Crippen LogP contribution >= 0.6 is 11.3 Å². The smallest absolute Gasteiger partial charge is 0.212 e. The fourth-order valence-electron chi connectivity index (χ4n) is 3.81. The fourth-order valence-corrected chi connectivity index (χ4v) is 4.98. The van der Waals surface area contributed by atoms with Crippen LogP contribution in [0.5, 0.6) is 5.88 Å². The number of hydrogen-bond donors (Lipinski definition) is 2. The van der Waals surface area contributed by atoms with E-state index in [0.29, 0.717) is 5.88 Å². The lowest BCUT2D eigenvalue weighted by molar-refractivity contribution is 0.398. The number of nitrogens with one attached hydrogen (secondary N) is 2. The molecule has 0 bridgehead atoms. The van der Waals surface area contributed by atoms with Gasteiger partial charge in [0.25, 0.3) is 0 Å². The fraction of sp³-hybridized carbons (Fsp3) is 0.0952. The number of ether oxygens (including phenoxy) is 1. The Bertz CT molecular complexity index is 1330. The van der Waals surface area contributed by atoms with E-state index in [9.17, 15) is 0 Å². The zero-order valence-electron chi connectivity index (χ0n) is 15.0. The molecule has 4 heterocycles. The number of aromatic nitrogens is 5. The van der Waals surface area contributed by atoms with Crippen LogP contribution in [0.2, 0.25) is 0 Å². The van der Waals surface area contributed by atoms with Crippen LogP contribution in [0.4, 0.5) is 0 Å². The van der Waals surface area contributed by atoms with Gasteiger partial charge in [0.15, 0.2) is 0 Å². The molecule has 5 aromatic rings. The molecule has 0 spiro atoms. The number of aromatic amines is 2. The molecular weight excluding hydrogens is 370 g/mol. The summed E-state index contributed by atoms with van der Waals surface area (Å²) < 4.78 is 5.15. The van der Waals surface area contributed by atoms with E-state index in [1.54, 1.807) is 7.11 Å². The Labute approximate surface area is 164 Å². The van der Waals surface area contributed by atoms with Crippen molar-refractivity contribution in [2.45, 2.75) is 6.42 Å². The molecular formula is C21H15N5OS. The Balaban J connectivity index is 1.39. The van der Waals surface area contributed by atoms with Crippen LogP contribution in [0.15, 0.2) is 48.8 Å². The highest BCUT2D eigenvalue weighted by Crippen LogP contribution is 2.46. The second-order valence-electron chi connectivity index (χ2n) is 6.81. The highest BCUT2D eigenvalue weighted by Gasteiger charge is 2.27. The molecule has 0 fully saturated rings. The molecule has 0 atom stereocenters. The van der Waals surface area contributed by atoms with E-state index in [2.05, 4.69) is 49.6 Å². The van der Waals surface area contributed by atoms with Gasteiger partial charge in [-0.2, -0.15) is 10.2 Å². The Morgan fingerprint density at radius 1 is 1.04 bits per heavy atom. The van der Waals surface area contributed by atoms with Crippen molar-refractivity contribution in [2.24, 2.45) is 0 Å². The average Bonchev–Trinajstić information content (AvgIpc) is 3.48. The Hall–Kier alpha value is -3.45. The van der Waals surface area contributed by atoms with Crippen molar-refractivity contribution in [2.75, 3.05) is 7.11 Å². The topological polar surface area (TPSA) is 79.5 Å². The van der Waals surface area contributed by atoms with Gasteiger partial charge in [-0.15, -0.1) is 11.3 Å². The monoisotopic (exact) mass is 385 g/mol. The first-order valence-electron chi connectivity index (χ1n) is 8.94. The third-order valence-corrected chi connectivity index (χ3v) is 6.41. The minimum absolute atomic E-state index is 0.628. The molecule has 0 unspecified atom stereocenters. The summed E-state index contributed by atoms with van der Waals surface area (Å²) in [6, 6.07) is 12.5. The van der Waals surface area contributed by atoms with Gasteiger partial charge in [0.1, 0.15) is 0 Å². The minimum atomic E-state index is 0.628. The summed E-state index contributed by atoms with van der Waals surface area (Å²) in [5.41, 5.74) is 7.91. The molecule has 7 heteroatoms. The second kappa shape index (κ2) is 5.77. The Morgan fingerprint density at radius 3 is 2.82 bits per heavy atom. The lowest BCUT2D eigenvalue weighted by Gasteiger charge is -2.01. The van der Waals surface area contributed by atoms with Crippen LogP contribution < -0.4 is 4.74 Å². The van der Waals surface area contributed by atoms with Crippen LogP contribution in [0, 0.1) is 0 Å². The average molecular weight is 385 g/mol. The number of hydrogen-bond acceptors (Lipinski definition) is 5. The van der Waals surface area contributed by atoms with Gasteiger partial charge in [0, 0.05) is 56.1 Å². The molecule has 0 saturated heterocycles. The summed E-state index contributed by atoms with van der Waals surface area (Å²) in [7, 11) is 1.63. The first-order chi connectivity index (χ1) is 13.8. The van der Waals surface area contributed by atoms with E-state index < -0.39 is 0 Å². The van der Waals surface area contributed by atoms with E-state index in [-0.39, 0.29) is 0 Å². The number of methoxy groups -OCH3 is 1. The predicted octanol–water partition coefficient (Wildman–Crippen LogP) is 4.66. The van der Waals surface area contributed by atoms with Crippen LogP contribution in [0.3, 0.4) is 0 Å². The standard InChI is InChI=1S/C21H15N5OS/c1-27-19-5-3-12(9-22-19)17-7-14-18(28-17)8-15-20(25-26-21(14)15)11-2-4-16-13(6-11)10-23-24-16/h2-7,9-10H,8H2,1H3,(H,23,24)(H,25,26). The van der Waals surface area contributed by atoms with Crippen molar-refractivity contribution >= 4 is 22.2 Å². The Morgan fingerprint density at radius 2 is 1.96 bits per heavy atom. The summed E-state index contributed by atoms with van der Waals surface area (Å²) in [6.45, 7) is 0. The van der Waals surface area contributed by atoms with Crippen molar-refractivity contribution in [1.29, 1.82) is 0 Å². The van der Waals surface area contributed by atoms with Crippen LogP contribution in [0.25, 0.3) is 43.9 Å². The van der Waals surface area contributed by atoms with Crippen LogP contribution in [0.1, 0.15) is 10.4 Å². The molecule has 28 heavy (non-hydrogen) atoms. The van der Waals surface area contributed by atoms with Gasteiger partial charge in [-0.3, -0.25) is 10.2 Å². The van der Waals surface area contributed by atoms with Crippen molar-refractivity contribution in [3.05, 3.63) is 59.2 Å². The van der Waals surface area contributed by atoms with E-state index >= 15 is 0 Å². The number of thiophene rings is 1. The van der Waals surface area contributed by atoms with Gasteiger partial charge in [-0.1, -0.05) is 6.07 Å². The molecule has 2 N–H and O–H groups in total. The number of fused-ring (bicyclic) bond motifs is 4. The molecule has 1 aromatic carbocycles. The molecule has 6 rings (SSSR count). The molecule has 0 aliphatic heterocycles. The predicted molar refractivity (Wildman–Crippen MR) is 110 cm³/mol. The quantitative estimate of drug-likeness (QED) is 0.464. The maximum Gasteiger partial charge on any atom is 0.212 e. The van der Waals surface area contributed by atoms with E-state index in [0.717, 1.165) is 39.8 Å².